The second-order valence-corrected chi connectivity index (χ2v) is 2.42. The van der Waals surface area contributed by atoms with Crippen molar-refractivity contribution in [1.82, 2.24) is 5.48 Å². The number of methoxy groups -OCH3 is 1. The minimum absolute atomic E-state index is 0.176. The normalized spacial score (nSPS) is 10.0. The number of ether oxygens (including phenoxy) is 1. The van der Waals surface area contributed by atoms with Crippen LogP contribution in [0.25, 0.3) is 0 Å². The van der Waals surface area contributed by atoms with E-state index in [0.29, 0.717) is 18.7 Å². The van der Waals surface area contributed by atoms with E-state index in [2.05, 4.69) is 4.74 Å². The van der Waals surface area contributed by atoms with E-state index in [0.717, 1.165) is 0 Å². The van der Waals surface area contributed by atoms with Crippen LogP contribution in [0.4, 0.5) is 0 Å². The summed E-state index contributed by atoms with van der Waals surface area (Å²) in [6.07, 6.45) is 0.521. The number of hydroxylamine groups is 1. The van der Waals surface area contributed by atoms with Crippen molar-refractivity contribution in [3.8, 4) is 0 Å². The van der Waals surface area contributed by atoms with Crippen LogP contribution in [0.3, 0.4) is 0 Å². The van der Waals surface area contributed by atoms with Crippen molar-refractivity contribution in [2.24, 2.45) is 0 Å². The summed E-state index contributed by atoms with van der Waals surface area (Å²) in [5.74, 6) is 0.306. The van der Waals surface area contributed by atoms with Gasteiger partial charge in [0.15, 0.2) is 0 Å². The smallest absolute Gasteiger partial charge is 0.373 e. The molecule has 0 atom stereocenters. The molecule has 0 radical (unpaired) electrons. The number of nitrogens with one attached hydrogen (secondary N) is 1. The maximum Gasteiger partial charge on any atom is 0.373 e. The van der Waals surface area contributed by atoms with Crippen LogP contribution in [0, 0.1) is 0 Å². The fourth-order valence-electron chi connectivity index (χ4n) is 0.902. The van der Waals surface area contributed by atoms with Gasteiger partial charge in [0.1, 0.15) is 5.76 Å². The third-order valence-corrected chi connectivity index (χ3v) is 1.53. The molecule has 13 heavy (non-hydrogen) atoms. The average molecular weight is 185 g/mol. The van der Waals surface area contributed by atoms with E-state index in [1.165, 1.54) is 7.11 Å². The zero-order valence-electron chi connectivity index (χ0n) is 7.24. The van der Waals surface area contributed by atoms with Crippen molar-refractivity contribution < 1.29 is 19.2 Å². The van der Waals surface area contributed by atoms with Crippen molar-refractivity contribution in [1.29, 1.82) is 0 Å². The first-order valence-electron chi connectivity index (χ1n) is 3.82. The third kappa shape index (κ3) is 2.57. The molecule has 0 saturated carbocycles. The Morgan fingerprint density at radius 3 is 3.08 bits per heavy atom. The highest BCUT2D eigenvalue weighted by Gasteiger charge is 2.10. The first-order valence-corrected chi connectivity index (χ1v) is 3.82. The minimum Gasteiger partial charge on any atom is -0.463 e. The molecule has 1 aromatic rings. The topological polar surface area (TPSA) is 71.7 Å². The molecule has 0 aliphatic rings. The van der Waals surface area contributed by atoms with E-state index in [9.17, 15) is 4.79 Å². The highest BCUT2D eigenvalue weighted by molar-refractivity contribution is 5.86. The number of carbonyl (C=O) groups excluding carboxylic acids is 1. The molecule has 0 aliphatic heterocycles. The molecular formula is C8H11NO4. The molecule has 0 aromatic carbocycles. The predicted octanol–water partition coefficient (Wildman–Crippen LogP) is 0.588. The maximum absolute atomic E-state index is 10.9. The van der Waals surface area contributed by atoms with E-state index in [1.807, 2.05) is 5.48 Å². The number of hydrogen-bond donors (Lipinski definition) is 2. The lowest BCUT2D eigenvalue weighted by Crippen LogP contribution is -2.10. The Morgan fingerprint density at radius 2 is 2.46 bits per heavy atom. The number of carbonyl (C=O) groups is 1. The summed E-state index contributed by atoms with van der Waals surface area (Å²) in [5.41, 5.74) is 1.99. The Kier molecular flexibility index (Phi) is 3.48. The standard InChI is InChI=1S/C8H11NO4/c1-12-8(10)7-3-2-6(13-7)4-5-9-11/h2-3,9,11H,4-5H2,1H3. The van der Waals surface area contributed by atoms with Gasteiger partial charge < -0.3 is 14.4 Å². The van der Waals surface area contributed by atoms with Crippen LogP contribution >= 0.6 is 0 Å². The molecule has 0 aliphatic carbocycles. The van der Waals surface area contributed by atoms with Crippen molar-refractivity contribution >= 4 is 5.97 Å². The van der Waals surface area contributed by atoms with Crippen LogP contribution in [0.1, 0.15) is 16.3 Å². The van der Waals surface area contributed by atoms with Gasteiger partial charge in [-0.3, -0.25) is 0 Å². The lowest BCUT2D eigenvalue weighted by Gasteiger charge is -1.95. The Morgan fingerprint density at radius 1 is 1.69 bits per heavy atom. The molecule has 5 nitrogen and oxygen atoms in total. The Hall–Kier alpha value is -1.33. The van der Waals surface area contributed by atoms with E-state index in [1.54, 1.807) is 12.1 Å². The highest BCUT2D eigenvalue weighted by Crippen LogP contribution is 2.08. The zero-order valence-corrected chi connectivity index (χ0v) is 7.24. The maximum atomic E-state index is 10.9. The fraction of sp³-hybridized carbons (Fsp3) is 0.375. The molecule has 0 unspecified atom stereocenters. The van der Waals surface area contributed by atoms with Gasteiger partial charge in [-0.05, 0) is 12.1 Å². The molecule has 5 heteroatoms. The summed E-state index contributed by atoms with van der Waals surface area (Å²) in [6, 6.07) is 3.21. The van der Waals surface area contributed by atoms with Crippen LogP contribution in [-0.4, -0.2) is 24.8 Å². The first kappa shape index (κ1) is 9.76. The summed E-state index contributed by atoms with van der Waals surface area (Å²) in [4.78, 5) is 10.9. The Balaban J connectivity index is 2.58. The lowest BCUT2D eigenvalue weighted by atomic mass is 10.3. The molecule has 1 aromatic heterocycles. The molecule has 1 rings (SSSR count). The molecular weight excluding hydrogens is 174 g/mol. The predicted molar refractivity (Wildman–Crippen MR) is 43.5 cm³/mol. The van der Waals surface area contributed by atoms with Crippen molar-refractivity contribution in [2.45, 2.75) is 6.42 Å². The second kappa shape index (κ2) is 4.64. The fourth-order valence-corrected chi connectivity index (χ4v) is 0.902. The number of furan rings is 1. The monoisotopic (exact) mass is 185 g/mol. The van der Waals surface area contributed by atoms with Gasteiger partial charge in [-0.2, -0.15) is 0 Å². The van der Waals surface area contributed by atoms with Crippen LogP contribution in [0.2, 0.25) is 0 Å². The summed E-state index contributed by atoms with van der Waals surface area (Å²) in [7, 11) is 1.29. The Labute approximate surface area is 75.3 Å². The molecule has 1 heterocycles. The van der Waals surface area contributed by atoms with Gasteiger partial charge in [-0.1, -0.05) is 0 Å². The second-order valence-electron chi connectivity index (χ2n) is 2.42. The highest BCUT2D eigenvalue weighted by atomic mass is 16.5. The summed E-state index contributed by atoms with van der Waals surface area (Å²) in [6.45, 7) is 0.383. The summed E-state index contributed by atoms with van der Waals surface area (Å²) in [5, 5.41) is 8.31. The zero-order chi connectivity index (χ0) is 9.68. The van der Waals surface area contributed by atoms with Gasteiger partial charge in [0.25, 0.3) is 0 Å². The molecule has 0 saturated heterocycles. The summed E-state index contributed by atoms with van der Waals surface area (Å²) >= 11 is 0. The average Bonchev–Trinajstić information content (AvgIpc) is 2.62. The van der Waals surface area contributed by atoms with Gasteiger partial charge >= 0.3 is 5.97 Å². The quantitative estimate of drug-likeness (QED) is 0.530. The molecule has 2 N–H and O–H groups in total. The summed E-state index contributed by atoms with van der Waals surface area (Å²) < 4.78 is 9.57. The van der Waals surface area contributed by atoms with Gasteiger partial charge in [0.05, 0.1) is 7.11 Å². The number of hydrogen-bond acceptors (Lipinski definition) is 5. The van der Waals surface area contributed by atoms with E-state index in [4.69, 9.17) is 9.62 Å². The van der Waals surface area contributed by atoms with E-state index >= 15 is 0 Å². The Bertz CT molecular complexity index is 281. The largest absolute Gasteiger partial charge is 0.463 e. The van der Waals surface area contributed by atoms with Crippen LogP contribution in [-0.2, 0) is 11.2 Å². The first-order chi connectivity index (χ1) is 6.27. The van der Waals surface area contributed by atoms with Gasteiger partial charge in [0.2, 0.25) is 5.76 Å². The van der Waals surface area contributed by atoms with E-state index in [-0.39, 0.29) is 5.76 Å². The molecule has 0 fully saturated rings. The molecule has 72 valence electrons. The van der Waals surface area contributed by atoms with Gasteiger partial charge in [0, 0.05) is 13.0 Å². The van der Waals surface area contributed by atoms with E-state index < -0.39 is 5.97 Å². The number of esters is 1. The van der Waals surface area contributed by atoms with Gasteiger partial charge in [-0.15, -0.1) is 0 Å². The number of rotatable bonds is 4. The third-order valence-electron chi connectivity index (χ3n) is 1.53. The van der Waals surface area contributed by atoms with Crippen molar-refractivity contribution in [3.63, 3.8) is 0 Å². The molecule has 0 spiro atoms. The van der Waals surface area contributed by atoms with Gasteiger partial charge in [-0.25, -0.2) is 10.3 Å². The van der Waals surface area contributed by atoms with Crippen LogP contribution in [0.15, 0.2) is 16.5 Å². The van der Waals surface area contributed by atoms with Crippen LogP contribution in [0.5, 0.6) is 0 Å². The van der Waals surface area contributed by atoms with Crippen molar-refractivity contribution in [3.05, 3.63) is 23.7 Å². The minimum atomic E-state index is -0.497. The molecule has 0 bridgehead atoms. The van der Waals surface area contributed by atoms with Crippen LogP contribution < -0.4 is 5.48 Å². The SMILES string of the molecule is COC(=O)c1ccc(CCNO)o1. The molecule has 0 amide bonds. The lowest BCUT2D eigenvalue weighted by molar-refractivity contribution is 0.0563. The van der Waals surface area contributed by atoms with Crippen molar-refractivity contribution in [2.75, 3.05) is 13.7 Å².